The van der Waals surface area contributed by atoms with Gasteiger partial charge in [-0.25, -0.2) is 0 Å². The molecular weight excluding hydrogens is 242 g/mol. The molecule has 0 aliphatic heterocycles. The van der Waals surface area contributed by atoms with Gasteiger partial charge in [-0.2, -0.15) is 10.4 Å². The fraction of sp³-hybridized carbons (Fsp3) is 0.417. The number of nitriles is 1. The van der Waals surface area contributed by atoms with Gasteiger partial charge in [-0.15, -0.1) is 15.3 Å². The average molecular weight is 257 g/mol. The third-order valence-corrected chi connectivity index (χ3v) is 3.05. The molecule has 98 valence electrons. The minimum atomic E-state index is -0.115. The van der Waals surface area contributed by atoms with Crippen molar-refractivity contribution < 1.29 is 0 Å². The summed E-state index contributed by atoms with van der Waals surface area (Å²) in [6, 6.07) is 2.05. The van der Waals surface area contributed by atoms with Gasteiger partial charge in [0, 0.05) is 7.05 Å². The molecule has 0 aromatic carbocycles. The number of aromatic nitrogens is 5. The van der Waals surface area contributed by atoms with E-state index in [-0.39, 0.29) is 6.04 Å². The Balaban J connectivity index is 2.32. The fourth-order valence-corrected chi connectivity index (χ4v) is 1.80. The van der Waals surface area contributed by atoms with Crippen LogP contribution in [-0.4, -0.2) is 25.0 Å². The first-order valence-electron chi connectivity index (χ1n) is 5.89. The van der Waals surface area contributed by atoms with Crippen LogP contribution in [0.1, 0.15) is 35.6 Å². The third kappa shape index (κ3) is 2.38. The molecule has 0 spiro atoms. The second kappa shape index (κ2) is 5.02. The van der Waals surface area contributed by atoms with Crippen LogP contribution < -0.4 is 5.32 Å². The van der Waals surface area contributed by atoms with Gasteiger partial charge in [0.1, 0.15) is 18.0 Å². The number of hydrogen-bond acceptors (Lipinski definition) is 6. The van der Waals surface area contributed by atoms with Crippen LogP contribution in [0.5, 0.6) is 0 Å². The van der Waals surface area contributed by atoms with E-state index in [1.54, 1.807) is 6.33 Å². The first kappa shape index (κ1) is 13.0. The van der Waals surface area contributed by atoms with Gasteiger partial charge in [0.25, 0.3) is 0 Å². The molecule has 1 atom stereocenters. The van der Waals surface area contributed by atoms with Crippen molar-refractivity contribution >= 4 is 5.82 Å². The van der Waals surface area contributed by atoms with Gasteiger partial charge in [-0.1, -0.05) is 0 Å². The van der Waals surface area contributed by atoms with Gasteiger partial charge < -0.3 is 9.88 Å². The molecule has 0 saturated carbocycles. The summed E-state index contributed by atoms with van der Waals surface area (Å²) in [6.07, 6.45) is 1.63. The van der Waals surface area contributed by atoms with Crippen LogP contribution >= 0.6 is 0 Å². The number of hydrogen-bond donors (Lipinski definition) is 1. The SMILES string of the molecule is Cc1nnc(NC(C)c2nncn2C)c(C#N)c1C. The Morgan fingerprint density at radius 3 is 2.63 bits per heavy atom. The van der Waals surface area contributed by atoms with Crippen LogP contribution in [0.4, 0.5) is 5.82 Å². The van der Waals surface area contributed by atoms with Gasteiger partial charge in [-0.3, -0.25) is 0 Å². The molecule has 0 radical (unpaired) electrons. The Bertz CT molecular complexity index is 638. The highest BCUT2D eigenvalue weighted by Gasteiger charge is 2.16. The molecule has 7 heteroatoms. The number of nitrogens with one attached hydrogen (secondary N) is 1. The summed E-state index contributed by atoms with van der Waals surface area (Å²) in [7, 11) is 1.87. The van der Waals surface area contributed by atoms with Crippen molar-refractivity contribution in [3.05, 3.63) is 29.0 Å². The van der Waals surface area contributed by atoms with Crippen molar-refractivity contribution in [2.24, 2.45) is 7.05 Å². The summed E-state index contributed by atoms with van der Waals surface area (Å²) in [5, 5.41) is 28.3. The van der Waals surface area contributed by atoms with Crippen molar-refractivity contribution in [2.75, 3.05) is 5.32 Å². The van der Waals surface area contributed by atoms with Gasteiger partial charge in [0.05, 0.1) is 11.7 Å². The third-order valence-electron chi connectivity index (χ3n) is 3.05. The van der Waals surface area contributed by atoms with E-state index in [0.29, 0.717) is 11.4 Å². The lowest BCUT2D eigenvalue weighted by atomic mass is 10.1. The summed E-state index contributed by atoms with van der Waals surface area (Å²) < 4.78 is 1.82. The number of anilines is 1. The second-order valence-electron chi connectivity index (χ2n) is 4.41. The summed E-state index contributed by atoms with van der Waals surface area (Å²) in [5.74, 6) is 1.24. The Kier molecular flexibility index (Phi) is 3.42. The van der Waals surface area contributed by atoms with E-state index in [9.17, 15) is 5.26 Å². The monoisotopic (exact) mass is 257 g/mol. The van der Waals surface area contributed by atoms with Crippen LogP contribution in [0.3, 0.4) is 0 Å². The van der Waals surface area contributed by atoms with Crippen LogP contribution in [0.25, 0.3) is 0 Å². The predicted octanol–water partition coefficient (Wildman–Crippen LogP) is 1.27. The minimum absolute atomic E-state index is 0.115. The molecule has 2 rings (SSSR count). The maximum absolute atomic E-state index is 9.23. The Labute approximate surface area is 111 Å². The lowest BCUT2D eigenvalue weighted by Gasteiger charge is -2.15. The Morgan fingerprint density at radius 2 is 2.05 bits per heavy atom. The summed E-state index contributed by atoms with van der Waals surface area (Å²) in [6.45, 7) is 5.63. The highest BCUT2D eigenvalue weighted by molar-refractivity contribution is 5.56. The molecule has 0 amide bonds. The molecule has 2 heterocycles. The molecule has 1 unspecified atom stereocenters. The van der Waals surface area contributed by atoms with E-state index < -0.39 is 0 Å². The van der Waals surface area contributed by atoms with E-state index in [4.69, 9.17) is 0 Å². The quantitative estimate of drug-likeness (QED) is 0.890. The van der Waals surface area contributed by atoms with Crippen LogP contribution in [0, 0.1) is 25.2 Å². The Morgan fingerprint density at radius 1 is 1.32 bits per heavy atom. The first-order valence-corrected chi connectivity index (χ1v) is 5.89. The van der Waals surface area contributed by atoms with Crippen molar-refractivity contribution in [2.45, 2.75) is 26.8 Å². The summed E-state index contributed by atoms with van der Waals surface area (Å²) in [5.41, 5.74) is 2.11. The lowest BCUT2D eigenvalue weighted by molar-refractivity contribution is 0.713. The fourth-order valence-electron chi connectivity index (χ4n) is 1.80. The molecule has 0 fully saturated rings. The molecule has 2 aromatic heterocycles. The van der Waals surface area contributed by atoms with E-state index in [1.807, 2.05) is 32.4 Å². The molecule has 1 N–H and O–H groups in total. The molecule has 2 aromatic rings. The van der Waals surface area contributed by atoms with Crippen LogP contribution in [-0.2, 0) is 7.05 Å². The summed E-state index contributed by atoms with van der Waals surface area (Å²) >= 11 is 0. The van der Waals surface area contributed by atoms with E-state index in [1.165, 1.54) is 0 Å². The molecular formula is C12H15N7. The highest BCUT2D eigenvalue weighted by Crippen LogP contribution is 2.21. The van der Waals surface area contributed by atoms with Crippen molar-refractivity contribution in [3.8, 4) is 6.07 Å². The smallest absolute Gasteiger partial charge is 0.167 e. The van der Waals surface area contributed by atoms with Gasteiger partial charge >= 0.3 is 0 Å². The number of rotatable bonds is 3. The van der Waals surface area contributed by atoms with Crippen LogP contribution in [0.2, 0.25) is 0 Å². The highest BCUT2D eigenvalue weighted by atomic mass is 15.3. The molecule has 0 saturated heterocycles. The maximum Gasteiger partial charge on any atom is 0.167 e. The molecule has 19 heavy (non-hydrogen) atoms. The van der Waals surface area contributed by atoms with E-state index >= 15 is 0 Å². The van der Waals surface area contributed by atoms with E-state index in [0.717, 1.165) is 17.1 Å². The molecule has 7 nitrogen and oxygen atoms in total. The Hall–Kier alpha value is -2.49. The van der Waals surface area contributed by atoms with Gasteiger partial charge in [-0.05, 0) is 26.3 Å². The van der Waals surface area contributed by atoms with Crippen molar-refractivity contribution in [1.29, 1.82) is 5.26 Å². The maximum atomic E-state index is 9.23. The zero-order valence-electron chi connectivity index (χ0n) is 11.3. The zero-order chi connectivity index (χ0) is 14.0. The van der Waals surface area contributed by atoms with Gasteiger partial charge in [0.2, 0.25) is 0 Å². The average Bonchev–Trinajstić information content (AvgIpc) is 2.80. The number of nitrogens with zero attached hydrogens (tertiary/aromatic N) is 6. The largest absolute Gasteiger partial charge is 0.358 e. The first-order chi connectivity index (χ1) is 9.04. The van der Waals surface area contributed by atoms with Gasteiger partial charge in [0.15, 0.2) is 11.6 Å². The standard InChI is InChI=1S/C12H15N7/c1-7-8(2)16-17-11(10(7)5-13)15-9(3)12-18-14-6-19(12)4/h6,9H,1-4H3,(H,15,17). The number of aryl methyl sites for hydroxylation is 2. The molecule has 0 aliphatic rings. The van der Waals surface area contributed by atoms with Crippen molar-refractivity contribution in [1.82, 2.24) is 25.0 Å². The van der Waals surface area contributed by atoms with Crippen LogP contribution in [0.15, 0.2) is 6.33 Å². The minimum Gasteiger partial charge on any atom is -0.358 e. The molecule has 0 aliphatic carbocycles. The van der Waals surface area contributed by atoms with E-state index in [2.05, 4.69) is 31.8 Å². The second-order valence-corrected chi connectivity index (χ2v) is 4.41. The summed E-state index contributed by atoms with van der Waals surface area (Å²) in [4.78, 5) is 0. The lowest BCUT2D eigenvalue weighted by Crippen LogP contribution is -2.15. The molecule has 0 bridgehead atoms. The normalized spacial score (nSPS) is 11.9. The van der Waals surface area contributed by atoms with Crippen molar-refractivity contribution in [3.63, 3.8) is 0 Å². The zero-order valence-corrected chi connectivity index (χ0v) is 11.3. The predicted molar refractivity (Wildman–Crippen MR) is 69.3 cm³/mol. The topological polar surface area (TPSA) is 92.3 Å².